The Bertz CT molecular complexity index is 726. The molecule has 1 aromatic heterocycles. The van der Waals surface area contributed by atoms with Crippen LogP contribution < -0.4 is 0 Å². The quantitative estimate of drug-likeness (QED) is 0.847. The average molecular weight is 335 g/mol. The van der Waals surface area contributed by atoms with Gasteiger partial charge >= 0.3 is 0 Å². The second-order valence-electron chi connectivity index (χ2n) is 6.16. The molecule has 3 rings (SSSR count). The smallest absolute Gasteiger partial charge is 0.276 e. The van der Waals surface area contributed by atoms with E-state index in [0.717, 1.165) is 6.42 Å². The normalized spacial score (nSPS) is 17.7. The highest BCUT2D eigenvalue weighted by Gasteiger charge is 2.29. The van der Waals surface area contributed by atoms with Crippen LogP contribution in [0.1, 0.15) is 22.5 Å². The van der Waals surface area contributed by atoms with Gasteiger partial charge in [0.2, 0.25) is 0 Å². The van der Waals surface area contributed by atoms with Crippen molar-refractivity contribution in [2.24, 2.45) is 0 Å². The fourth-order valence-corrected chi connectivity index (χ4v) is 2.83. The third-order valence-electron chi connectivity index (χ3n) is 4.32. The van der Waals surface area contributed by atoms with Gasteiger partial charge in [0, 0.05) is 24.7 Å². The first-order valence-corrected chi connectivity index (χ1v) is 7.74. The van der Waals surface area contributed by atoms with Gasteiger partial charge in [-0.05, 0) is 32.6 Å². The molecule has 1 aliphatic heterocycles. The molecule has 1 fully saturated rings. The summed E-state index contributed by atoms with van der Waals surface area (Å²) in [5.74, 6) is -1.50. The lowest BCUT2D eigenvalue weighted by Crippen LogP contribution is -2.34. The Labute approximate surface area is 138 Å². The van der Waals surface area contributed by atoms with Crippen molar-refractivity contribution >= 4 is 5.91 Å². The Kier molecular flexibility index (Phi) is 4.57. The number of hydrogen-bond donors (Lipinski definition) is 0. The van der Waals surface area contributed by atoms with E-state index >= 15 is 0 Å². The number of carbonyl (C=O) groups is 1. The van der Waals surface area contributed by atoms with Crippen LogP contribution >= 0.6 is 0 Å². The predicted octanol–water partition coefficient (Wildman–Crippen LogP) is 1.38. The molecule has 2 aromatic rings. The van der Waals surface area contributed by atoms with Gasteiger partial charge in [-0.25, -0.2) is 13.5 Å². The Morgan fingerprint density at radius 2 is 2.04 bits per heavy atom. The first-order valence-electron chi connectivity index (χ1n) is 7.74. The number of amides is 1. The zero-order chi connectivity index (χ0) is 17.3. The number of nitrogens with zero attached hydrogens (tertiary/aromatic N) is 5. The molecule has 0 aliphatic carbocycles. The van der Waals surface area contributed by atoms with Crippen LogP contribution in [0.15, 0.2) is 24.4 Å². The second kappa shape index (κ2) is 6.64. The number of rotatable bonds is 4. The molecule has 0 bridgehead atoms. The van der Waals surface area contributed by atoms with E-state index in [9.17, 15) is 13.6 Å². The van der Waals surface area contributed by atoms with E-state index in [1.165, 1.54) is 29.1 Å². The van der Waals surface area contributed by atoms with Gasteiger partial charge in [0.1, 0.15) is 11.6 Å². The fraction of sp³-hybridized carbons (Fsp3) is 0.438. The summed E-state index contributed by atoms with van der Waals surface area (Å²) in [5.41, 5.74) is 0.0846. The maximum absolute atomic E-state index is 13.7. The molecule has 128 valence electrons. The van der Waals surface area contributed by atoms with Gasteiger partial charge < -0.3 is 9.80 Å². The minimum absolute atomic E-state index is 0.102. The third kappa shape index (κ3) is 3.28. The number of halogens is 2. The van der Waals surface area contributed by atoms with E-state index in [2.05, 4.69) is 15.2 Å². The summed E-state index contributed by atoms with van der Waals surface area (Å²) in [4.78, 5) is 16.3. The largest absolute Gasteiger partial charge is 0.336 e. The van der Waals surface area contributed by atoms with Crippen LogP contribution in [-0.2, 0) is 6.54 Å². The van der Waals surface area contributed by atoms with Gasteiger partial charge in [-0.15, -0.1) is 5.10 Å². The maximum Gasteiger partial charge on any atom is 0.276 e. The SMILES string of the molecule is CN(C)[C@H]1CCN(C(=O)c2cn(Cc3c(F)cccc3F)nn2)C1. The van der Waals surface area contributed by atoms with Crippen molar-refractivity contribution in [3.63, 3.8) is 0 Å². The molecule has 1 saturated heterocycles. The molecule has 8 heteroatoms. The van der Waals surface area contributed by atoms with Crippen molar-refractivity contribution in [3.05, 3.63) is 47.3 Å². The van der Waals surface area contributed by atoms with Crippen LogP contribution in [0.2, 0.25) is 0 Å². The topological polar surface area (TPSA) is 54.3 Å². The van der Waals surface area contributed by atoms with Gasteiger partial charge in [0.05, 0.1) is 12.7 Å². The molecule has 0 spiro atoms. The van der Waals surface area contributed by atoms with E-state index in [1.54, 1.807) is 4.90 Å². The highest BCUT2D eigenvalue weighted by molar-refractivity contribution is 5.92. The van der Waals surface area contributed by atoms with Crippen molar-refractivity contribution < 1.29 is 13.6 Å². The molecule has 2 heterocycles. The molecule has 0 radical (unpaired) electrons. The van der Waals surface area contributed by atoms with E-state index in [1.807, 2.05) is 14.1 Å². The molecule has 1 atom stereocenters. The van der Waals surface area contributed by atoms with Crippen molar-refractivity contribution in [2.45, 2.75) is 19.0 Å². The summed E-state index contributed by atoms with van der Waals surface area (Å²) in [5, 5.41) is 7.67. The second-order valence-corrected chi connectivity index (χ2v) is 6.16. The molecule has 1 aromatic carbocycles. The van der Waals surface area contributed by atoms with Crippen LogP contribution in [0.5, 0.6) is 0 Å². The van der Waals surface area contributed by atoms with E-state index in [-0.39, 0.29) is 23.7 Å². The summed E-state index contributed by atoms with van der Waals surface area (Å²) in [6.07, 6.45) is 2.34. The molecule has 6 nitrogen and oxygen atoms in total. The number of aromatic nitrogens is 3. The van der Waals surface area contributed by atoms with E-state index in [4.69, 9.17) is 0 Å². The molecule has 0 unspecified atom stereocenters. The highest BCUT2D eigenvalue weighted by atomic mass is 19.1. The molecule has 24 heavy (non-hydrogen) atoms. The highest BCUT2D eigenvalue weighted by Crippen LogP contribution is 2.16. The van der Waals surface area contributed by atoms with Gasteiger partial charge in [0.15, 0.2) is 5.69 Å². The average Bonchev–Trinajstić information content (AvgIpc) is 3.20. The first kappa shape index (κ1) is 16.5. The van der Waals surface area contributed by atoms with E-state index < -0.39 is 11.6 Å². The zero-order valence-electron chi connectivity index (χ0n) is 13.6. The summed E-state index contributed by atoms with van der Waals surface area (Å²) >= 11 is 0. The summed E-state index contributed by atoms with van der Waals surface area (Å²) in [6.45, 7) is 1.19. The van der Waals surface area contributed by atoms with E-state index in [0.29, 0.717) is 19.1 Å². The van der Waals surface area contributed by atoms with Crippen LogP contribution in [0.3, 0.4) is 0 Å². The molecule has 1 aliphatic rings. The van der Waals surface area contributed by atoms with Crippen molar-refractivity contribution in [1.82, 2.24) is 24.8 Å². The van der Waals surface area contributed by atoms with Gasteiger partial charge in [0.25, 0.3) is 5.91 Å². The Morgan fingerprint density at radius 1 is 1.33 bits per heavy atom. The third-order valence-corrected chi connectivity index (χ3v) is 4.32. The zero-order valence-corrected chi connectivity index (χ0v) is 13.6. The molecular weight excluding hydrogens is 316 g/mol. The van der Waals surface area contributed by atoms with Crippen LogP contribution in [0.25, 0.3) is 0 Å². The van der Waals surface area contributed by atoms with Crippen LogP contribution in [0, 0.1) is 11.6 Å². The molecule has 0 N–H and O–H groups in total. The Balaban J connectivity index is 1.71. The minimum Gasteiger partial charge on any atom is -0.336 e. The van der Waals surface area contributed by atoms with Crippen molar-refractivity contribution in [2.75, 3.05) is 27.2 Å². The van der Waals surface area contributed by atoms with Gasteiger partial charge in [-0.1, -0.05) is 11.3 Å². The summed E-state index contributed by atoms with van der Waals surface area (Å²) < 4.78 is 28.6. The van der Waals surface area contributed by atoms with Gasteiger partial charge in [-0.3, -0.25) is 4.79 Å². The fourth-order valence-electron chi connectivity index (χ4n) is 2.83. The Morgan fingerprint density at radius 3 is 2.67 bits per heavy atom. The molecular formula is C16H19F2N5O. The predicted molar refractivity (Wildman–Crippen MR) is 83.5 cm³/mol. The molecule has 0 saturated carbocycles. The lowest BCUT2D eigenvalue weighted by atomic mass is 10.2. The maximum atomic E-state index is 13.7. The first-order chi connectivity index (χ1) is 11.5. The summed E-state index contributed by atoms with van der Waals surface area (Å²) in [7, 11) is 3.97. The number of likely N-dealkylation sites (N-methyl/N-ethyl adjacent to an activating group) is 1. The van der Waals surface area contributed by atoms with Gasteiger partial charge in [-0.2, -0.15) is 0 Å². The van der Waals surface area contributed by atoms with Crippen molar-refractivity contribution in [3.8, 4) is 0 Å². The monoisotopic (exact) mass is 335 g/mol. The standard InChI is InChI=1S/C16H19F2N5O/c1-21(2)11-6-7-22(8-11)16(24)15-10-23(20-19-15)9-12-13(17)4-3-5-14(12)18/h3-5,10-11H,6-9H2,1-2H3/t11-/m0/s1. The van der Waals surface area contributed by atoms with Crippen molar-refractivity contribution in [1.29, 1.82) is 0 Å². The minimum atomic E-state index is -0.647. The Hall–Kier alpha value is -2.35. The van der Waals surface area contributed by atoms with Crippen LogP contribution in [0.4, 0.5) is 8.78 Å². The number of carbonyl (C=O) groups excluding carboxylic acids is 1. The summed E-state index contributed by atoms with van der Waals surface area (Å²) in [6, 6.07) is 4.01. The molecule has 1 amide bonds. The number of benzene rings is 1. The number of hydrogen-bond acceptors (Lipinski definition) is 4. The number of likely N-dealkylation sites (tertiary alicyclic amines) is 1. The lowest BCUT2D eigenvalue weighted by Gasteiger charge is -2.19. The van der Waals surface area contributed by atoms with Crippen LogP contribution in [-0.4, -0.2) is 63.9 Å². The lowest BCUT2D eigenvalue weighted by molar-refractivity contribution is 0.0777.